The summed E-state index contributed by atoms with van der Waals surface area (Å²) in [5.74, 6) is -0.373. The van der Waals surface area contributed by atoms with Gasteiger partial charge in [-0.15, -0.1) is 0 Å². The number of fused-ring (bicyclic) bond motifs is 1. The van der Waals surface area contributed by atoms with Crippen molar-refractivity contribution in [2.45, 2.75) is 12.8 Å². The van der Waals surface area contributed by atoms with Crippen LogP contribution in [0.15, 0.2) is 30.3 Å². The fourth-order valence-electron chi connectivity index (χ4n) is 2.45. The molecular weight excluding hydrogens is 230 g/mol. The first-order valence-electron chi connectivity index (χ1n) is 6.12. The number of hydrogen-bond donors (Lipinski definition) is 0. The summed E-state index contributed by atoms with van der Waals surface area (Å²) in [7, 11) is 0. The number of benzene rings is 1. The van der Waals surface area contributed by atoms with Gasteiger partial charge in [0.25, 0.3) is 0 Å². The molecule has 0 spiro atoms. The van der Waals surface area contributed by atoms with E-state index in [-0.39, 0.29) is 42.4 Å². The largest absolute Gasteiger partial charge is 0.294 e. The molecule has 1 aromatic rings. The molecule has 1 aromatic carbocycles. The van der Waals surface area contributed by atoms with Crippen LogP contribution in [0.4, 0.5) is 0 Å². The highest BCUT2D eigenvalue weighted by Crippen LogP contribution is 2.46. The minimum Gasteiger partial charge on any atom is -0.294 e. The van der Waals surface area contributed by atoms with Crippen LogP contribution < -0.4 is 0 Å². The highest BCUT2D eigenvalue weighted by molar-refractivity contribution is 6.09. The van der Waals surface area contributed by atoms with Gasteiger partial charge in [0.15, 0.2) is 5.78 Å². The molecule has 92 valence electrons. The van der Waals surface area contributed by atoms with E-state index < -0.39 is 0 Å². The third kappa shape index (κ3) is 1.74. The van der Waals surface area contributed by atoms with E-state index >= 15 is 0 Å². The monoisotopic (exact) mass is 243 g/mol. The Bertz CT molecular complexity index is 503. The van der Waals surface area contributed by atoms with Crippen molar-refractivity contribution in [1.82, 2.24) is 4.90 Å². The van der Waals surface area contributed by atoms with E-state index in [0.717, 1.165) is 0 Å². The molecule has 4 heteroatoms. The van der Waals surface area contributed by atoms with Crippen LogP contribution in [0.1, 0.15) is 23.2 Å². The van der Waals surface area contributed by atoms with Crippen molar-refractivity contribution in [2.24, 2.45) is 11.8 Å². The lowest BCUT2D eigenvalue weighted by Gasteiger charge is -2.15. The van der Waals surface area contributed by atoms with Crippen LogP contribution in [0, 0.1) is 11.8 Å². The van der Waals surface area contributed by atoms with E-state index in [0.29, 0.717) is 12.0 Å². The summed E-state index contributed by atoms with van der Waals surface area (Å²) in [4.78, 5) is 36.5. The number of ketones is 1. The summed E-state index contributed by atoms with van der Waals surface area (Å²) in [6.07, 6.45) is 0.918. The molecule has 2 aliphatic rings. The van der Waals surface area contributed by atoms with Gasteiger partial charge < -0.3 is 0 Å². The summed E-state index contributed by atoms with van der Waals surface area (Å²) in [6.45, 7) is 0.221. The molecule has 2 atom stereocenters. The van der Waals surface area contributed by atoms with E-state index in [1.807, 2.05) is 6.07 Å². The van der Waals surface area contributed by atoms with E-state index in [1.165, 1.54) is 4.90 Å². The standard InChI is InChI=1S/C14H13NO3/c16-12(9-4-2-1-3-5-9)6-7-15-13(17)10-8-11(10)14(15)18/h1-5,10-11H,6-8H2/t10-,11+. The molecule has 0 radical (unpaired) electrons. The molecule has 4 nitrogen and oxygen atoms in total. The zero-order valence-electron chi connectivity index (χ0n) is 9.83. The Kier molecular flexibility index (Phi) is 2.51. The van der Waals surface area contributed by atoms with Crippen LogP contribution in [-0.4, -0.2) is 29.0 Å². The average Bonchev–Trinajstić information content (AvgIpc) is 3.15. The zero-order valence-corrected chi connectivity index (χ0v) is 9.83. The number of rotatable bonds is 4. The molecule has 0 unspecified atom stereocenters. The topological polar surface area (TPSA) is 54.5 Å². The van der Waals surface area contributed by atoms with Gasteiger partial charge in [-0.2, -0.15) is 0 Å². The number of carbonyl (C=O) groups is 3. The van der Waals surface area contributed by atoms with E-state index in [1.54, 1.807) is 24.3 Å². The molecular formula is C14H13NO3. The molecule has 1 heterocycles. The van der Waals surface area contributed by atoms with Gasteiger partial charge in [-0.05, 0) is 6.42 Å². The third-order valence-corrected chi connectivity index (χ3v) is 3.62. The highest BCUT2D eigenvalue weighted by Gasteiger charge is 2.58. The summed E-state index contributed by atoms with van der Waals surface area (Å²) >= 11 is 0. The van der Waals surface area contributed by atoms with Gasteiger partial charge in [0.1, 0.15) is 0 Å². The summed E-state index contributed by atoms with van der Waals surface area (Å²) in [5, 5.41) is 0. The molecule has 2 fully saturated rings. The van der Waals surface area contributed by atoms with Crippen LogP contribution in [0.3, 0.4) is 0 Å². The Morgan fingerprint density at radius 3 is 2.33 bits per heavy atom. The molecule has 1 saturated carbocycles. The number of likely N-dealkylation sites (tertiary alicyclic amines) is 1. The van der Waals surface area contributed by atoms with E-state index in [2.05, 4.69) is 0 Å². The van der Waals surface area contributed by atoms with Crippen molar-refractivity contribution in [2.75, 3.05) is 6.54 Å². The van der Waals surface area contributed by atoms with Crippen molar-refractivity contribution in [3.63, 3.8) is 0 Å². The Morgan fingerprint density at radius 1 is 1.11 bits per heavy atom. The summed E-state index contributed by atoms with van der Waals surface area (Å²) in [5.41, 5.74) is 0.627. The van der Waals surface area contributed by atoms with Crippen molar-refractivity contribution in [1.29, 1.82) is 0 Å². The van der Waals surface area contributed by atoms with Gasteiger partial charge in [-0.1, -0.05) is 30.3 Å². The Hall–Kier alpha value is -1.97. The predicted octanol–water partition coefficient (Wildman–Crippen LogP) is 1.26. The Labute approximate surface area is 105 Å². The minimum atomic E-state index is -0.0918. The molecule has 18 heavy (non-hydrogen) atoms. The van der Waals surface area contributed by atoms with Crippen LogP contribution in [0.5, 0.6) is 0 Å². The van der Waals surface area contributed by atoms with Gasteiger partial charge in [0.2, 0.25) is 11.8 Å². The Morgan fingerprint density at radius 2 is 1.72 bits per heavy atom. The van der Waals surface area contributed by atoms with Crippen LogP contribution in [0.25, 0.3) is 0 Å². The van der Waals surface area contributed by atoms with Gasteiger partial charge in [-0.3, -0.25) is 19.3 Å². The number of nitrogens with zero attached hydrogens (tertiary/aromatic N) is 1. The van der Waals surface area contributed by atoms with Crippen molar-refractivity contribution in [3.05, 3.63) is 35.9 Å². The zero-order chi connectivity index (χ0) is 12.7. The van der Waals surface area contributed by atoms with Gasteiger partial charge in [0, 0.05) is 18.5 Å². The van der Waals surface area contributed by atoms with E-state index in [9.17, 15) is 14.4 Å². The second kappa shape index (κ2) is 4.05. The first-order chi connectivity index (χ1) is 8.68. The van der Waals surface area contributed by atoms with Gasteiger partial charge in [0.05, 0.1) is 11.8 Å². The third-order valence-electron chi connectivity index (χ3n) is 3.62. The van der Waals surface area contributed by atoms with E-state index in [4.69, 9.17) is 0 Å². The smallest absolute Gasteiger partial charge is 0.233 e. The molecule has 3 rings (SSSR count). The SMILES string of the molecule is O=C(CCN1C(=O)[C@H]2C[C@H]2C1=O)c1ccccc1. The predicted molar refractivity (Wildman–Crippen MR) is 63.7 cm³/mol. The quantitative estimate of drug-likeness (QED) is 0.591. The fraction of sp³-hybridized carbons (Fsp3) is 0.357. The van der Waals surface area contributed by atoms with Crippen molar-refractivity contribution in [3.8, 4) is 0 Å². The molecule has 0 bridgehead atoms. The summed E-state index contributed by atoms with van der Waals surface area (Å²) in [6, 6.07) is 8.93. The van der Waals surface area contributed by atoms with Gasteiger partial charge >= 0.3 is 0 Å². The molecule has 1 aliphatic heterocycles. The second-order valence-corrected chi connectivity index (χ2v) is 4.82. The lowest BCUT2D eigenvalue weighted by molar-refractivity contribution is -0.141. The minimum absolute atomic E-state index is 0.0308. The lowest BCUT2D eigenvalue weighted by atomic mass is 10.1. The number of piperidine rings is 1. The molecule has 1 saturated heterocycles. The second-order valence-electron chi connectivity index (χ2n) is 4.82. The van der Waals surface area contributed by atoms with Crippen molar-refractivity contribution < 1.29 is 14.4 Å². The van der Waals surface area contributed by atoms with Crippen LogP contribution in [-0.2, 0) is 9.59 Å². The first-order valence-corrected chi connectivity index (χ1v) is 6.12. The highest BCUT2D eigenvalue weighted by atomic mass is 16.2. The maximum atomic E-state index is 11.9. The molecule has 0 aromatic heterocycles. The molecule has 2 amide bonds. The maximum absolute atomic E-state index is 11.9. The summed E-state index contributed by atoms with van der Waals surface area (Å²) < 4.78 is 0. The van der Waals surface area contributed by atoms with Crippen LogP contribution in [0.2, 0.25) is 0 Å². The lowest BCUT2D eigenvalue weighted by Crippen LogP contribution is -2.34. The Balaban J connectivity index is 1.61. The molecule has 1 aliphatic carbocycles. The van der Waals surface area contributed by atoms with Crippen molar-refractivity contribution >= 4 is 17.6 Å². The fourth-order valence-corrected chi connectivity index (χ4v) is 2.45. The number of Topliss-reactive ketones (excluding diaryl/α,β-unsaturated/α-hetero) is 1. The normalized spacial score (nSPS) is 25.2. The molecule has 0 N–H and O–H groups in total. The number of carbonyl (C=O) groups excluding carboxylic acids is 3. The van der Waals surface area contributed by atoms with Crippen LogP contribution >= 0.6 is 0 Å². The number of imide groups is 1. The average molecular weight is 243 g/mol. The van der Waals surface area contributed by atoms with Gasteiger partial charge in [-0.25, -0.2) is 0 Å². The number of amides is 2. The maximum Gasteiger partial charge on any atom is 0.233 e. The first kappa shape index (κ1) is 11.1. The number of hydrogen-bond acceptors (Lipinski definition) is 3.